The Balaban J connectivity index is 2.00. The molecule has 0 saturated carbocycles. The molecule has 0 N–H and O–H groups in total. The largest absolute Gasteiger partial charge is 0.494 e. The molecule has 1 unspecified atom stereocenters. The topological polar surface area (TPSA) is 30.9 Å². The number of benzene rings is 1. The summed E-state index contributed by atoms with van der Waals surface area (Å²) in [7, 11) is 3.76. The maximum atomic E-state index is 6.18. The van der Waals surface area contributed by atoms with Gasteiger partial charge in [-0.2, -0.15) is 0 Å². The number of likely N-dealkylation sites (N-methyl/N-ethyl adjacent to an activating group) is 1. The Hall–Kier alpha value is -1.04. The molecule has 1 aromatic carbocycles. The summed E-state index contributed by atoms with van der Waals surface area (Å²) < 4.78 is 18.0. The van der Waals surface area contributed by atoms with Crippen molar-refractivity contribution in [1.29, 1.82) is 0 Å². The third kappa shape index (κ3) is 3.65. The number of rotatable bonds is 6. The van der Waals surface area contributed by atoms with E-state index < -0.39 is 0 Å². The summed E-state index contributed by atoms with van der Waals surface area (Å²) in [6.45, 7) is 10.0. The molecule has 1 aliphatic heterocycles. The van der Waals surface area contributed by atoms with Gasteiger partial charge in [-0.05, 0) is 58.9 Å². The van der Waals surface area contributed by atoms with Crippen LogP contribution in [0.2, 0.25) is 0 Å². The highest BCUT2D eigenvalue weighted by molar-refractivity contribution is 6.62. The van der Waals surface area contributed by atoms with Crippen molar-refractivity contribution in [3.8, 4) is 5.75 Å². The van der Waals surface area contributed by atoms with Crippen molar-refractivity contribution in [1.82, 2.24) is 4.90 Å². The van der Waals surface area contributed by atoms with E-state index in [1.54, 1.807) is 0 Å². The quantitative estimate of drug-likeness (QED) is 0.755. The Labute approximate surface area is 134 Å². The molecule has 2 rings (SSSR count). The van der Waals surface area contributed by atoms with Gasteiger partial charge < -0.3 is 18.9 Å². The molecule has 122 valence electrons. The highest BCUT2D eigenvalue weighted by Gasteiger charge is 2.53. The minimum Gasteiger partial charge on any atom is -0.492 e. The molecule has 1 aliphatic rings. The molecule has 1 fully saturated rings. The van der Waals surface area contributed by atoms with Gasteiger partial charge in [-0.3, -0.25) is 0 Å². The van der Waals surface area contributed by atoms with E-state index in [1.807, 2.05) is 38.4 Å². The van der Waals surface area contributed by atoms with Gasteiger partial charge in [0.2, 0.25) is 0 Å². The Morgan fingerprint density at radius 3 is 2.23 bits per heavy atom. The van der Waals surface area contributed by atoms with Crippen LogP contribution in [0.5, 0.6) is 5.75 Å². The molecule has 1 saturated heterocycles. The van der Waals surface area contributed by atoms with Crippen LogP contribution in [0.4, 0.5) is 0 Å². The number of nitrogens with zero attached hydrogens (tertiary/aromatic N) is 1. The molecular weight excluding hydrogens is 277 g/mol. The van der Waals surface area contributed by atoms with Crippen LogP contribution in [0.3, 0.4) is 0 Å². The summed E-state index contributed by atoms with van der Waals surface area (Å²) in [5.41, 5.74) is 0.469. The summed E-state index contributed by atoms with van der Waals surface area (Å²) >= 11 is 0. The molecule has 4 nitrogen and oxygen atoms in total. The lowest BCUT2D eigenvalue weighted by atomic mass is 9.79. The average molecular weight is 305 g/mol. The normalized spacial score (nSPS) is 24.0. The third-order valence-corrected chi connectivity index (χ3v) is 4.68. The Morgan fingerprint density at radius 2 is 1.73 bits per heavy atom. The molecule has 0 bridgehead atoms. The van der Waals surface area contributed by atoms with E-state index in [9.17, 15) is 0 Å². The second-order valence-corrected chi connectivity index (χ2v) is 6.88. The van der Waals surface area contributed by atoms with E-state index >= 15 is 0 Å². The van der Waals surface area contributed by atoms with Gasteiger partial charge in [-0.15, -0.1) is 0 Å². The van der Waals surface area contributed by atoms with Gasteiger partial charge in [0.1, 0.15) is 12.4 Å². The fourth-order valence-electron chi connectivity index (χ4n) is 2.51. The van der Waals surface area contributed by atoms with Gasteiger partial charge in [0.15, 0.2) is 0 Å². The van der Waals surface area contributed by atoms with Crippen LogP contribution in [-0.4, -0.2) is 50.5 Å². The van der Waals surface area contributed by atoms with Crippen molar-refractivity contribution >= 4 is 12.6 Å². The molecule has 1 atom stereocenters. The minimum atomic E-state index is -0.309. The second kappa shape index (κ2) is 6.61. The molecule has 0 aromatic heterocycles. The fraction of sp³-hybridized carbons (Fsp3) is 0.647. The summed E-state index contributed by atoms with van der Waals surface area (Å²) in [5.74, 6) is 0.876. The van der Waals surface area contributed by atoms with Crippen molar-refractivity contribution in [2.24, 2.45) is 0 Å². The molecule has 0 spiro atoms. The first kappa shape index (κ1) is 17.3. The van der Waals surface area contributed by atoms with Crippen LogP contribution in [0.25, 0.3) is 0 Å². The van der Waals surface area contributed by atoms with Crippen molar-refractivity contribution in [3.63, 3.8) is 0 Å². The molecule has 1 aromatic rings. The maximum absolute atomic E-state index is 6.18. The first-order chi connectivity index (χ1) is 10.3. The number of hydrogen-bond acceptors (Lipinski definition) is 4. The lowest BCUT2D eigenvalue weighted by Gasteiger charge is -2.35. The van der Waals surface area contributed by atoms with Gasteiger partial charge in [-0.25, -0.2) is 0 Å². The van der Waals surface area contributed by atoms with Crippen molar-refractivity contribution in [3.05, 3.63) is 24.3 Å². The minimum absolute atomic E-state index is 0.265. The van der Waals surface area contributed by atoms with E-state index in [-0.39, 0.29) is 18.3 Å². The first-order valence-corrected chi connectivity index (χ1v) is 8.00. The van der Waals surface area contributed by atoms with Gasteiger partial charge in [0, 0.05) is 6.54 Å². The van der Waals surface area contributed by atoms with E-state index in [0.29, 0.717) is 6.61 Å². The highest BCUT2D eigenvalue weighted by Crippen LogP contribution is 2.39. The van der Waals surface area contributed by atoms with E-state index in [2.05, 4.69) is 32.6 Å². The zero-order chi connectivity index (χ0) is 16.4. The SMILES string of the molecule is CCC1(C)OB(c2ccc(OCCN(C)C)cc2)OC1(C)C. The number of hydrogen-bond donors (Lipinski definition) is 0. The first-order valence-electron chi connectivity index (χ1n) is 8.00. The number of ether oxygens (including phenoxy) is 1. The Bertz CT molecular complexity index is 489. The summed E-state index contributed by atoms with van der Waals surface area (Å²) in [5, 5.41) is 0. The van der Waals surface area contributed by atoms with Crippen LogP contribution in [-0.2, 0) is 9.31 Å². The van der Waals surface area contributed by atoms with Crippen LogP contribution < -0.4 is 10.2 Å². The highest BCUT2D eigenvalue weighted by atomic mass is 16.7. The molecule has 0 aliphatic carbocycles. The lowest BCUT2D eigenvalue weighted by molar-refractivity contribution is -0.0118. The summed E-state index contributed by atoms with van der Waals surface area (Å²) in [6.07, 6.45) is 0.919. The standard InChI is InChI=1S/C17H28BNO3/c1-7-17(4)16(2,3)21-18(22-17)14-8-10-15(11-9-14)20-13-12-19(5)6/h8-11H,7,12-13H2,1-6H3. The maximum Gasteiger partial charge on any atom is 0.494 e. The predicted molar refractivity (Wildman–Crippen MR) is 90.8 cm³/mol. The third-order valence-electron chi connectivity index (χ3n) is 4.68. The van der Waals surface area contributed by atoms with Gasteiger partial charge in [0.05, 0.1) is 11.2 Å². The summed E-state index contributed by atoms with van der Waals surface area (Å²) in [6, 6.07) is 8.00. The fourth-order valence-corrected chi connectivity index (χ4v) is 2.51. The lowest BCUT2D eigenvalue weighted by Crippen LogP contribution is -2.44. The van der Waals surface area contributed by atoms with Crippen LogP contribution >= 0.6 is 0 Å². The van der Waals surface area contributed by atoms with Crippen LogP contribution in [0, 0.1) is 0 Å². The molecule has 1 heterocycles. The van der Waals surface area contributed by atoms with Gasteiger partial charge in [0.25, 0.3) is 0 Å². The van der Waals surface area contributed by atoms with Crippen molar-refractivity contribution in [2.75, 3.05) is 27.2 Å². The van der Waals surface area contributed by atoms with E-state index in [4.69, 9.17) is 14.0 Å². The molecule has 22 heavy (non-hydrogen) atoms. The summed E-state index contributed by atoms with van der Waals surface area (Å²) in [4.78, 5) is 2.10. The second-order valence-electron chi connectivity index (χ2n) is 6.88. The van der Waals surface area contributed by atoms with Gasteiger partial charge >= 0.3 is 7.12 Å². The van der Waals surface area contributed by atoms with Gasteiger partial charge in [-0.1, -0.05) is 19.1 Å². The zero-order valence-electron chi connectivity index (χ0n) is 14.7. The van der Waals surface area contributed by atoms with Crippen LogP contribution in [0.1, 0.15) is 34.1 Å². The van der Waals surface area contributed by atoms with Crippen molar-refractivity contribution < 1.29 is 14.0 Å². The predicted octanol–water partition coefficient (Wildman–Crippen LogP) is 2.32. The van der Waals surface area contributed by atoms with Crippen LogP contribution in [0.15, 0.2) is 24.3 Å². The average Bonchev–Trinajstić information content (AvgIpc) is 2.70. The Morgan fingerprint density at radius 1 is 1.09 bits per heavy atom. The molecule has 5 heteroatoms. The molecule has 0 radical (unpaired) electrons. The molecular formula is C17H28BNO3. The van der Waals surface area contributed by atoms with Crippen molar-refractivity contribution in [2.45, 2.75) is 45.3 Å². The molecule has 0 amide bonds. The Kier molecular flexibility index (Phi) is 5.20. The monoisotopic (exact) mass is 305 g/mol. The van der Waals surface area contributed by atoms with E-state index in [1.165, 1.54) is 0 Å². The van der Waals surface area contributed by atoms with E-state index in [0.717, 1.165) is 24.2 Å². The zero-order valence-corrected chi connectivity index (χ0v) is 14.7. The smallest absolute Gasteiger partial charge is 0.492 e.